The minimum absolute atomic E-state index is 0.0977. The van der Waals surface area contributed by atoms with Crippen LogP contribution in [0.4, 0.5) is 5.69 Å². The maximum atomic E-state index is 12.1. The summed E-state index contributed by atoms with van der Waals surface area (Å²) in [6.45, 7) is 0.931. The second-order valence-corrected chi connectivity index (χ2v) is 8.39. The van der Waals surface area contributed by atoms with Gasteiger partial charge in [-0.25, -0.2) is 4.79 Å². The lowest BCUT2D eigenvalue weighted by Crippen LogP contribution is -2.30. The van der Waals surface area contributed by atoms with Gasteiger partial charge >= 0.3 is 5.97 Å². The molecule has 1 aliphatic heterocycles. The second kappa shape index (κ2) is 10.3. The zero-order valence-electron chi connectivity index (χ0n) is 15.4. The number of hydrogen-bond donors (Lipinski definition) is 1. The van der Waals surface area contributed by atoms with Gasteiger partial charge in [0.1, 0.15) is 0 Å². The molecule has 1 aromatic heterocycles. The summed E-state index contributed by atoms with van der Waals surface area (Å²) in [7, 11) is 0. The highest BCUT2D eigenvalue weighted by Crippen LogP contribution is 2.21. The molecule has 1 saturated heterocycles. The fourth-order valence-corrected chi connectivity index (χ4v) is 4.49. The number of hydrogen-bond acceptors (Lipinski definition) is 6. The number of nitrogens with one attached hydrogen (secondary N) is 1. The maximum Gasteiger partial charge on any atom is 0.338 e. The molecule has 6 nitrogen and oxygen atoms in total. The SMILES string of the molecule is O=C(COC(=O)c1ccc(N2CCCC2=O)cc1)NCCSCc1cccs1. The molecule has 8 heteroatoms. The molecule has 0 radical (unpaired) electrons. The first-order valence-electron chi connectivity index (χ1n) is 9.08. The Kier molecular flexibility index (Phi) is 7.50. The van der Waals surface area contributed by atoms with Crippen LogP contribution in [0.1, 0.15) is 28.1 Å². The van der Waals surface area contributed by atoms with E-state index in [9.17, 15) is 14.4 Å². The highest BCUT2D eigenvalue weighted by molar-refractivity contribution is 7.98. The minimum atomic E-state index is -0.554. The number of benzene rings is 1. The van der Waals surface area contributed by atoms with Crippen molar-refractivity contribution in [3.63, 3.8) is 0 Å². The summed E-state index contributed by atoms with van der Waals surface area (Å²) in [6, 6.07) is 10.8. The number of carbonyl (C=O) groups excluding carboxylic acids is 3. The number of amides is 2. The van der Waals surface area contributed by atoms with Gasteiger partial charge in [-0.15, -0.1) is 11.3 Å². The van der Waals surface area contributed by atoms with Gasteiger partial charge in [0.2, 0.25) is 5.91 Å². The van der Waals surface area contributed by atoms with Crippen molar-refractivity contribution in [3.8, 4) is 0 Å². The Labute approximate surface area is 172 Å². The fraction of sp³-hybridized carbons (Fsp3) is 0.350. The summed E-state index contributed by atoms with van der Waals surface area (Å²) in [6.07, 6.45) is 1.41. The van der Waals surface area contributed by atoms with E-state index >= 15 is 0 Å². The van der Waals surface area contributed by atoms with Gasteiger partial charge in [-0.3, -0.25) is 9.59 Å². The fourth-order valence-electron chi connectivity index (χ4n) is 2.79. The van der Waals surface area contributed by atoms with Crippen LogP contribution in [0.5, 0.6) is 0 Å². The van der Waals surface area contributed by atoms with Gasteiger partial charge in [-0.1, -0.05) is 6.07 Å². The van der Waals surface area contributed by atoms with Gasteiger partial charge in [0.25, 0.3) is 5.91 Å². The van der Waals surface area contributed by atoms with Crippen molar-refractivity contribution in [2.75, 3.05) is 30.3 Å². The van der Waals surface area contributed by atoms with Crippen molar-refractivity contribution < 1.29 is 19.1 Å². The summed E-state index contributed by atoms with van der Waals surface area (Å²) in [5.74, 6) is 0.960. The van der Waals surface area contributed by atoms with Crippen LogP contribution in [0, 0.1) is 0 Å². The van der Waals surface area contributed by atoms with Crippen LogP contribution in [0.2, 0.25) is 0 Å². The summed E-state index contributed by atoms with van der Waals surface area (Å²) >= 11 is 3.47. The third-order valence-corrected chi connectivity index (χ3v) is 6.28. The van der Waals surface area contributed by atoms with Crippen molar-refractivity contribution in [1.82, 2.24) is 5.32 Å². The van der Waals surface area contributed by atoms with Gasteiger partial charge in [-0.05, 0) is 42.1 Å². The molecule has 0 bridgehead atoms. The van der Waals surface area contributed by atoms with Crippen LogP contribution in [0.3, 0.4) is 0 Å². The maximum absolute atomic E-state index is 12.1. The molecule has 1 aliphatic rings. The molecule has 148 valence electrons. The van der Waals surface area contributed by atoms with Crippen LogP contribution >= 0.6 is 23.1 Å². The molecule has 3 rings (SSSR count). The average Bonchev–Trinajstić information content (AvgIpc) is 3.37. The Morgan fingerprint density at radius 2 is 2.04 bits per heavy atom. The number of rotatable bonds is 9. The molecule has 2 amide bonds. The Hall–Kier alpha value is -2.32. The lowest BCUT2D eigenvalue weighted by Gasteiger charge is -2.15. The first-order valence-corrected chi connectivity index (χ1v) is 11.1. The smallest absolute Gasteiger partial charge is 0.338 e. The van der Waals surface area contributed by atoms with E-state index < -0.39 is 5.97 Å². The molecule has 0 unspecified atom stereocenters. The summed E-state index contributed by atoms with van der Waals surface area (Å²) in [5.41, 5.74) is 1.13. The largest absolute Gasteiger partial charge is 0.452 e. The van der Waals surface area contributed by atoms with E-state index in [1.54, 1.807) is 52.3 Å². The molecule has 2 heterocycles. The predicted octanol–water partition coefficient (Wildman–Crippen LogP) is 3.08. The third-order valence-electron chi connectivity index (χ3n) is 4.22. The number of esters is 1. The van der Waals surface area contributed by atoms with E-state index in [1.165, 1.54) is 4.88 Å². The number of carbonyl (C=O) groups is 3. The number of anilines is 1. The standard InChI is InChI=1S/C20H22N2O4S2/c23-18(21-9-12-27-14-17-3-2-11-28-17)13-26-20(25)15-5-7-16(8-6-15)22-10-1-4-19(22)24/h2-3,5-8,11H,1,4,9-10,12-14H2,(H,21,23). The quantitative estimate of drug-likeness (QED) is 0.500. The second-order valence-electron chi connectivity index (χ2n) is 6.25. The van der Waals surface area contributed by atoms with E-state index in [4.69, 9.17) is 4.74 Å². The Morgan fingerprint density at radius 1 is 1.21 bits per heavy atom. The Bertz CT molecular complexity index is 806. The first-order chi connectivity index (χ1) is 13.6. The Morgan fingerprint density at radius 3 is 2.71 bits per heavy atom. The Balaban J connectivity index is 1.34. The average molecular weight is 419 g/mol. The summed E-state index contributed by atoms with van der Waals surface area (Å²) in [5, 5.41) is 4.79. The van der Waals surface area contributed by atoms with E-state index in [0.717, 1.165) is 23.6 Å². The van der Waals surface area contributed by atoms with Crippen molar-refractivity contribution in [2.45, 2.75) is 18.6 Å². The highest BCUT2D eigenvalue weighted by Gasteiger charge is 2.21. The van der Waals surface area contributed by atoms with Gasteiger partial charge in [0, 0.05) is 41.6 Å². The topological polar surface area (TPSA) is 75.7 Å². The summed E-state index contributed by atoms with van der Waals surface area (Å²) in [4.78, 5) is 38.6. The van der Waals surface area contributed by atoms with Crippen molar-refractivity contribution in [2.24, 2.45) is 0 Å². The minimum Gasteiger partial charge on any atom is -0.452 e. The molecule has 28 heavy (non-hydrogen) atoms. The van der Waals surface area contributed by atoms with Crippen LogP contribution < -0.4 is 10.2 Å². The molecular weight excluding hydrogens is 396 g/mol. The van der Waals surface area contributed by atoms with Crippen LogP contribution in [0.15, 0.2) is 41.8 Å². The highest BCUT2D eigenvalue weighted by atomic mass is 32.2. The van der Waals surface area contributed by atoms with Gasteiger partial charge < -0.3 is 15.0 Å². The van der Waals surface area contributed by atoms with E-state index in [0.29, 0.717) is 25.1 Å². The zero-order chi connectivity index (χ0) is 19.8. The number of nitrogens with zero attached hydrogens (tertiary/aromatic N) is 1. The normalized spacial score (nSPS) is 13.6. The molecule has 1 fully saturated rings. The number of thioether (sulfide) groups is 1. The molecule has 0 saturated carbocycles. The van der Waals surface area contributed by atoms with Crippen molar-refractivity contribution in [3.05, 3.63) is 52.2 Å². The van der Waals surface area contributed by atoms with Crippen molar-refractivity contribution >= 4 is 46.6 Å². The van der Waals surface area contributed by atoms with E-state index in [-0.39, 0.29) is 18.4 Å². The lowest BCUT2D eigenvalue weighted by molar-refractivity contribution is -0.124. The molecule has 1 N–H and O–H groups in total. The first kappa shape index (κ1) is 20.4. The van der Waals surface area contributed by atoms with Gasteiger partial charge in [-0.2, -0.15) is 11.8 Å². The lowest BCUT2D eigenvalue weighted by atomic mass is 10.2. The van der Waals surface area contributed by atoms with Gasteiger partial charge in [0.05, 0.1) is 5.56 Å². The van der Waals surface area contributed by atoms with Crippen LogP contribution in [-0.2, 0) is 20.1 Å². The van der Waals surface area contributed by atoms with Gasteiger partial charge in [0.15, 0.2) is 6.61 Å². The molecule has 2 aromatic rings. The predicted molar refractivity (Wildman–Crippen MR) is 112 cm³/mol. The molecule has 1 aromatic carbocycles. The molecule has 0 aliphatic carbocycles. The molecule has 0 atom stereocenters. The van der Waals surface area contributed by atoms with E-state index in [2.05, 4.69) is 11.4 Å². The molecular formula is C20H22N2O4S2. The molecule has 0 spiro atoms. The van der Waals surface area contributed by atoms with Crippen LogP contribution in [0.25, 0.3) is 0 Å². The third kappa shape index (κ3) is 5.84. The van der Waals surface area contributed by atoms with Crippen molar-refractivity contribution in [1.29, 1.82) is 0 Å². The monoisotopic (exact) mass is 418 g/mol. The van der Waals surface area contributed by atoms with Crippen LogP contribution in [-0.4, -0.2) is 43.2 Å². The number of thiophene rings is 1. The number of ether oxygens (including phenoxy) is 1. The zero-order valence-corrected chi connectivity index (χ0v) is 17.0. The van der Waals surface area contributed by atoms with E-state index in [1.807, 2.05) is 11.4 Å². The summed E-state index contributed by atoms with van der Waals surface area (Å²) < 4.78 is 5.06.